The molecule has 1 rings (SSSR count). The van der Waals surface area contributed by atoms with Gasteiger partial charge in [0.15, 0.2) is 6.29 Å². The molecule has 0 aromatic heterocycles. The van der Waals surface area contributed by atoms with Gasteiger partial charge in [0.05, 0.1) is 12.6 Å². The molecule has 10 heavy (non-hydrogen) atoms. The molecule has 5 heteroatoms. The molecule has 4 atom stereocenters. The Kier molecular flexibility index (Phi) is 2.22. The second kappa shape index (κ2) is 2.81. The lowest BCUT2D eigenvalue weighted by atomic mass is 10.0. The van der Waals surface area contributed by atoms with Crippen molar-refractivity contribution in [3.63, 3.8) is 0 Å². The zero-order valence-electron chi connectivity index (χ0n) is 5.34. The van der Waals surface area contributed by atoms with E-state index in [-0.39, 0.29) is 6.61 Å². The number of nitrogens with two attached hydrogens (primary N) is 1. The van der Waals surface area contributed by atoms with Gasteiger partial charge in [0.1, 0.15) is 12.2 Å². The second-order valence-corrected chi connectivity index (χ2v) is 2.37. The fraction of sp³-hybridized carbons (Fsp3) is 1.00. The molecule has 1 heterocycles. The summed E-state index contributed by atoms with van der Waals surface area (Å²) in [4.78, 5) is 0. The molecule has 0 radical (unpaired) electrons. The van der Waals surface area contributed by atoms with E-state index in [0.717, 1.165) is 0 Å². The van der Waals surface area contributed by atoms with Crippen molar-refractivity contribution in [2.75, 3.05) is 6.61 Å². The molecule has 5 nitrogen and oxygen atoms in total. The van der Waals surface area contributed by atoms with E-state index in [4.69, 9.17) is 21.1 Å². The highest BCUT2D eigenvalue weighted by molar-refractivity contribution is 4.84. The Bertz CT molecular complexity index is 106. The highest BCUT2D eigenvalue weighted by atomic mass is 16.6. The molecular weight excluding hydrogens is 138 g/mol. The average molecular weight is 149 g/mol. The topological polar surface area (TPSA) is 95.9 Å². The molecule has 0 aromatic carbocycles. The molecule has 0 bridgehead atoms. The monoisotopic (exact) mass is 149 g/mol. The van der Waals surface area contributed by atoms with Crippen molar-refractivity contribution in [1.29, 1.82) is 0 Å². The first-order chi connectivity index (χ1) is 4.63. The number of aliphatic hydroxyl groups is 3. The third-order valence-corrected chi connectivity index (χ3v) is 1.54. The maximum atomic E-state index is 9.00. The highest BCUT2D eigenvalue weighted by Crippen LogP contribution is 2.11. The van der Waals surface area contributed by atoms with Gasteiger partial charge in [-0.1, -0.05) is 0 Å². The lowest BCUT2D eigenvalue weighted by Crippen LogP contribution is -2.56. The van der Waals surface area contributed by atoms with Gasteiger partial charge in [-0.05, 0) is 0 Å². The lowest BCUT2D eigenvalue weighted by molar-refractivity contribution is -0.225. The summed E-state index contributed by atoms with van der Waals surface area (Å²) >= 11 is 0. The summed E-state index contributed by atoms with van der Waals surface area (Å²) in [7, 11) is 0. The van der Waals surface area contributed by atoms with Crippen LogP contribution in [0.5, 0.6) is 0 Å². The first kappa shape index (κ1) is 7.90. The Morgan fingerprint density at radius 2 is 1.80 bits per heavy atom. The van der Waals surface area contributed by atoms with Gasteiger partial charge in [-0.15, -0.1) is 0 Å². The van der Waals surface area contributed by atoms with Crippen LogP contribution in [-0.2, 0) is 4.74 Å². The number of ether oxygens (including phenoxy) is 1. The zero-order chi connectivity index (χ0) is 7.72. The molecule has 1 saturated heterocycles. The third kappa shape index (κ3) is 1.28. The quantitative estimate of drug-likeness (QED) is 0.302. The van der Waals surface area contributed by atoms with Crippen LogP contribution >= 0.6 is 0 Å². The zero-order valence-corrected chi connectivity index (χ0v) is 5.34. The van der Waals surface area contributed by atoms with E-state index in [1.54, 1.807) is 0 Å². The van der Waals surface area contributed by atoms with E-state index < -0.39 is 24.5 Å². The molecule has 1 aliphatic rings. The maximum Gasteiger partial charge on any atom is 0.183 e. The Labute approximate surface area is 58.0 Å². The highest BCUT2D eigenvalue weighted by Gasteiger charge is 2.35. The number of aliphatic hydroxyl groups excluding tert-OH is 3. The van der Waals surface area contributed by atoms with Crippen LogP contribution in [0.2, 0.25) is 0 Å². The molecular formula is C5H11NO4. The first-order valence-corrected chi connectivity index (χ1v) is 3.04. The summed E-state index contributed by atoms with van der Waals surface area (Å²) in [5.41, 5.74) is 5.28. The van der Waals surface area contributed by atoms with Crippen LogP contribution in [-0.4, -0.2) is 46.5 Å². The van der Waals surface area contributed by atoms with Crippen molar-refractivity contribution in [2.24, 2.45) is 5.73 Å². The van der Waals surface area contributed by atoms with Crippen LogP contribution < -0.4 is 5.73 Å². The van der Waals surface area contributed by atoms with Crippen molar-refractivity contribution in [1.82, 2.24) is 0 Å². The van der Waals surface area contributed by atoms with Crippen molar-refractivity contribution in [2.45, 2.75) is 24.5 Å². The number of hydrogen-bond donors (Lipinski definition) is 4. The normalized spacial score (nSPS) is 49.2. The Morgan fingerprint density at radius 1 is 1.20 bits per heavy atom. The standard InChI is InChI=1S/C5H11NO4/c6-2-1-10-5(9)4(8)3(2)7/h2-5,7-9H,1,6H2/t2-,3-,4-,5-/m1/s1. The molecule has 0 amide bonds. The SMILES string of the molecule is N[C@@H]1CO[C@@H](O)[C@H](O)[C@@H]1O. The molecule has 0 aliphatic carbocycles. The van der Waals surface area contributed by atoms with Crippen LogP contribution in [0.4, 0.5) is 0 Å². The maximum absolute atomic E-state index is 9.00. The molecule has 1 fully saturated rings. The molecule has 1 aliphatic heterocycles. The largest absolute Gasteiger partial charge is 0.388 e. The summed E-state index contributed by atoms with van der Waals surface area (Å²) in [6.45, 7) is 0.0688. The van der Waals surface area contributed by atoms with Gasteiger partial charge in [0.25, 0.3) is 0 Å². The number of rotatable bonds is 0. The second-order valence-electron chi connectivity index (χ2n) is 2.37. The smallest absolute Gasteiger partial charge is 0.183 e. The Hall–Kier alpha value is -0.200. The van der Waals surface area contributed by atoms with Crippen molar-refractivity contribution >= 4 is 0 Å². The molecule has 60 valence electrons. The van der Waals surface area contributed by atoms with Crippen molar-refractivity contribution < 1.29 is 20.1 Å². The minimum atomic E-state index is -1.31. The first-order valence-electron chi connectivity index (χ1n) is 3.04. The lowest BCUT2D eigenvalue weighted by Gasteiger charge is -2.32. The molecule has 0 unspecified atom stereocenters. The fourth-order valence-electron chi connectivity index (χ4n) is 0.829. The van der Waals surface area contributed by atoms with Crippen LogP contribution in [0.25, 0.3) is 0 Å². The van der Waals surface area contributed by atoms with Gasteiger partial charge in [0, 0.05) is 0 Å². The van der Waals surface area contributed by atoms with Gasteiger partial charge in [0.2, 0.25) is 0 Å². The molecule has 5 N–H and O–H groups in total. The van der Waals surface area contributed by atoms with Gasteiger partial charge >= 0.3 is 0 Å². The molecule has 0 saturated carbocycles. The van der Waals surface area contributed by atoms with Gasteiger partial charge in [-0.2, -0.15) is 0 Å². The molecule has 0 aromatic rings. The van der Waals surface area contributed by atoms with Crippen LogP contribution in [0.15, 0.2) is 0 Å². The summed E-state index contributed by atoms with van der Waals surface area (Å²) in [5, 5.41) is 26.7. The van der Waals surface area contributed by atoms with E-state index in [0.29, 0.717) is 0 Å². The fourth-order valence-corrected chi connectivity index (χ4v) is 0.829. The predicted molar refractivity (Wildman–Crippen MR) is 31.9 cm³/mol. The third-order valence-electron chi connectivity index (χ3n) is 1.54. The van der Waals surface area contributed by atoms with Crippen LogP contribution in [0.3, 0.4) is 0 Å². The minimum Gasteiger partial charge on any atom is -0.388 e. The average Bonchev–Trinajstić information content (AvgIpc) is 1.93. The predicted octanol–water partition coefficient (Wildman–Crippen LogP) is -2.62. The van der Waals surface area contributed by atoms with E-state index >= 15 is 0 Å². The van der Waals surface area contributed by atoms with E-state index in [9.17, 15) is 0 Å². The minimum absolute atomic E-state index is 0.0688. The van der Waals surface area contributed by atoms with Crippen LogP contribution in [0, 0.1) is 0 Å². The van der Waals surface area contributed by atoms with Crippen molar-refractivity contribution in [3.8, 4) is 0 Å². The molecule has 0 spiro atoms. The van der Waals surface area contributed by atoms with Gasteiger partial charge in [-0.25, -0.2) is 0 Å². The Balaban J connectivity index is 2.52. The van der Waals surface area contributed by atoms with E-state index in [1.807, 2.05) is 0 Å². The van der Waals surface area contributed by atoms with E-state index in [1.165, 1.54) is 0 Å². The summed E-state index contributed by atoms with van der Waals surface area (Å²) < 4.78 is 4.59. The summed E-state index contributed by atoms with van der Waals surface area (Å²) in [5.74, 6) is 0. The number of hydrogen-bond acceptors (Lipinski definition) is 5. The van der Waals surface area contributed by atoms with E-state index in [2.05, 4.69) is 4.74 Å². The van der Waals surface area contributed by atoms with Gasteiger partial charge < -0.3 is 25.8 Å². The van der Waals surface area contributed by atoms with Crippen molar-refractivity contribution in [3.05, 3.63) is 0 Å². The van der Waals surface area contributed by atoms with Gasteiger partial charge in [-0.3, -0.25) is 0 Å². The van der Waals surface area contributed by atoms with Crippen LogP contribution in [0.1, 0.15) is 0 Å². The Morgan fingerprint density at radius 3 is 2.30 bits per heavy atom. The summed E-state index contributed by atoms with van der Waals surface area (Å²) in [6, 6.07) is -0.613. The summed E-state index contributed by atoms with van der Waals surface area (Å²) in [6.07, 6.45) is -3.69.